The Kier molecular flexibility index (Phi) is 6.15. The predicted octanol–water partition coefficient (Wildman–Crippen LogP) is 4.38. The zero-order valence-electron chi connectivity index (χ0n) is 19.2. The van der Waals surface area contributed by atoms with Crippen LogP contribution in [0.4, 0.5) is 11.5 Å². The number of carbonyl (C=O) groups is 1. The molecule has 1 aromatic carbocycles. The zero-order valence-corrected chi connectivity index (χ0v) is 20.0. The van der Waals surface area contributed by atoms with Crippen molar-refractivity contribution in [2.24, 2.45) is 0 Å². The predicted molar refractivity (Wildman–Crippen MR) is 125 cm³/mol. The average molecular weight is 456 g/mol. The molecule has 2 heterocycles. The van der Waals surface area contributed by atoms with Crippen LogP contribution in [0.15, 0.2) is 59.8 Å². The third-order valence-electron chi connectivity index (χ3n) is 4.71. The van der Waals surface area contributed by atoms with E-state index in [1.54, 1.807) is 16.8 Å². The van der Waals surface area contributed by atoms with E-state index >= 15 is 0 Å². The summed E-state index contributed by atoms with van der Waals surface area (Å²) in [5.41, 5.74) is 1.11. The van der Waals surface area contributed by atoms with Gasteiger partial charge in [-0.2, -0.15) is 5.10 Å². The lowest BCUT2D eigenvalue weighted by molar-refractivity contribution is 0.102. The molecule has 0 aliphatic heterocycles. The highest BCUT2D eigenvalue weighted by Gasteiger charge is 2.26. The Morgan fingerprint density at radius 2 is 1.53 bits per heavy atom. The van der Waals surface area contributed by atoms with Gasteiger partial charge in [-0.3, -0.25) is 14.5 Å². The molecule has 0 radical (unpaired) electrons. The number of hydrogen-bond donors (Lipinski definition) is 2. The molecular formula is C23H29N5O3S. The lowest BCUT2D eigenvalue weighted by Gasteiger charge is -2.23. The number of carbonyl (C=O) groups excluding carboxylic acids is 1. The molecule has 0 atom stereocenters. The number of aromatic nitrogens is 3. The molecule has 0 saturated carbocycles. The highest BCUT2D eigenvalue weighted by Crippen LogP contribution is 2.28. The van der Waals surface area contributed by atoms with Gasteiger partial charge in [-0.15, -0.1) is 0 Å². The van der Waals surface area contributed by atoms with E-state index in [0.29, 0.717) is 17.1 Å². The van der Waals surface area contributed by atoms with Crippen molar-refractivity contribution in [3.05, 3.63) is 66.1 Å². The Labute approximate surface area is 189 Å². The van der Waals surface area contributed by atoms with E-state index in [9.17, 15) is 13.2 Å². The van der Waals surface area contributed by atoms with Crippen LogP contribution in [0.25, 0.3) is 0 Å². The topological polar surface area (TPSA) is 106 Å². The van der Waals surface area contributed by atoms with Gasteiger partial charge in [0.1, 0.15) is 5.82 Å². The maximum atomic E-state index is 12.9. The van der Waals surface area contributed by atoms with Gasteiger partial charge in [-0.25, -0.2) is 13.1 Å². The second kappa shape index (κ2) is 8.38. The van der Waals surface area contributed by atoms with Crippen LogP contribution < -0.4 is 10.0 Å². The van der Waals surface area contributed by atoms with Crippen molar-refractivity contribution in [1.82, 2.24) is 14.8 Å². The molecule has 0 fully saturated rings. The smallest absolute Gasteiger partial charge is 0.261 e. The van der Waals surface area contributed by atoms with Crippen LogP contribution in [0.5, 0.6) is 0 Å². The first-order chi connectivity index (χ1) is 14.8. The lowest BCUT2D eigenvalue weighted by atomic mass is 9.92. The molecule has 1 amide bonds. The van der Waals surface area contributed by atoms with Crippen molar-refractivity contribution in [2.75, 3.05) is 10.0 Å². The highest BCUT2D eigenvalue weighted by atomic mass is 32.2. The zero-order chi connectivity index (χ0) is 23.7. The van der Waals surface area contributed by atoms with Gasteiger partial charge in [0.25, 0.3) is 15.9 Å². The number of benzene rings is 1. The maximum absolute atomic E-state index is 12.9. The fourth-order valence-electron chi connectivity index (χ4n) is 2.96. The van der Waals surface area contributed by atoms with Gasteiger partial charge in [0.2, 0.25) is 0 Å². The summed E-state index contributed by atoms with van der Waals surface area (Å²) in [6, 6.07) is 10.8. The number of hydrogen-bond acceptors (Lipinski definition) is 5. The number of nitrogens with zero attached hydrogens (tertiary/aromatic N) is 3. The van der Waals surface area contributed by atoms with Crippen LogP contribution in [-0.2, 0) is 21.0 Å². The molecule has 8 nitrogen and oxygen atoms in total. The van der Waals surface area contributed by atoms with Crippen molar-refractivity contribution in [2.45, 2.75) is 57.4 Å². The van der Waals surface area contributed by atoms with Crippen molar-refractivity contribution in [3.8, 4) is 0 Å². The summed E-state index contributed by atoms with van der Waals surface area (Å²) in [7, 11) is -3.78. The number of pyridine rings is 1. The Hall–Kier alpha value is -3.20. The molecule has 0 aliphatic carbocycles. The number of nitrogens with one attached hydrogen (secondary N) is 2. The minimum absolute atomic E-state index is 0.0561. The summed E-state index contributed by atoms with van der Waals surface area (Å²) in [5.74, 6) is 0.241. The van der Waals surface area contributed by atoms with Gasteiger partial charge in [0.15, 0.2) is 0 Å². The normalized spacial score (nSPS) is 12.4. The van der Waals surface area contributed by atoms with Crippen molar-refractivity contribution in [1.29, 1.82) is 0 Å². The molecule has 0 aliphatic rings. The summed E-state index contributed by atoms with van der Waals surface area (Å²) in [6.07, 6.45) is 3.00. The fourth-order valence-corrected chi connectivity index (χ4v) is 4.01. The Bertz CT molecular complexity index is 1200. The van der Waals surface area contributed by atoms with Gasteiger partial charge in [-0.1, -0.05) is 20.8 Å². The number of anilines is 2. The van der Waals surface area contributed by atoms with E-state index in [1.165, 1.54) is 36.7 Å². The van der Waals surface area contributed by atoms with Crippen LogP contribution >= 0.6 is 0 Å². The summed E-state index contributed by atoms with van der Waals surface area (Å²) >= 11 is 0. The maximum Gasteiger partial charge on any atom is 0.261 e. The van der Waals surface area contributed by atoms with E-state index < -0.39 is 10.0 Å². The third-order valence-corrected chi connectivity index (χ3v) is 6.11. The second-order valence-corrected chi connectivity index (χ2v) is 11.2. The highest BCUT2D eigenvalue weighted by molar-refractivity contribution is 7.92. The number of rotatable bonds is 5. The molecule has 0 saturated heterocycles. The lowest BCUT2D eigenvalue weighted by Crippen LogP contribution is -2.27. The minimum atomic E-state index is -3.78. The molecule has 2 aromatic heterocycles. The molecule has 2 N–H and O–H groups in total. The summed E-state index contributed by atoms with van der Waals surface area (Å²) in [5, 5.41) is 7.61. The van der Waals surface area contributed by atoms with Gasteiger partial charge in [-0.05, 0) is 57.2 Å². The Balaban J connectivity index is 1.82. The van der Waals surface area contributed by atoms with E-state index in [-0.39, 0.29) is 21.8 Å². The first-order valence-corrected chi connectivity index (χ1v) is 11.7. The molecule has 3 aromatic rings. The van der Waals surface area contributed by atoms with Gasteiger partial charge in [0, 0.05) is 29.4 Å². The van der Waals surface area contributed by atoms with Crippen LogP contribution in [0.3, 0.4) is 0 Å². The molecule has 0 bridgehead atoms. The van der Waals surface area contributed by atoms with Gasteiger partial charge in [0.05, 0.1) is 21.8 Å². The van der Waals surface area contributed by atoms with Crippen molar-refractivity contribution in [3.63, 3.8) is 0 Å². The van der Waals surface area contributed by atoms with E-state index in [1.807, 2.05) is 26.8 Å². The van der Waals surface area contributed by atoms with Crippen LogP contribution in [-0.4, -0.2) is 29.1 Å². The first kappa shape index (κ1) is 23.5. The van der Waals surface area contributed by atoms with Crippen LogP contribution in [0.1, 0.15) is 57.6 Å². The first-order valence-electron chi connectivity index (χ1n) is 10.2. The molecule has 0 spiro atoms. The Morgan fingerprint density at radius 1 is 0.938 bits per heavy atom. The number of sulfonamides is 1. The minimum Gasteiger partial charge on any atom is -0.307 e. The fraction of sp³-hybridized carbons (Fsp3) is 0.348. The third kappa shape index (κ3) is 5.34. The van der Waals surface area contributed by atoms with Crippen molar-refractivity contribution >= 4 is 27.4 Å². The molecule has 9 heteroatoms. The summed E-state index contributed by atoms with van der Waals surface area (Å²) < 4.78 is 29.4. The summed E-state index contributed by atoms with van der Waals surface area (Å²) in [6.45, 7) is 12.2. The standard InChI is InChI=1S/C23H29N5O3S/c1-22(2,3)19-15-20(28(26-19)23(4,5)6)25-21(29)16-7-9-18(10-8-16)32(30,31)27-17-11-13-24-14-12-17/h7-15H,1-6H3,(H,24,27)(H,25,29). The molecule has 170 valence electrons. The average Bonchev–Trinajstić information content (AvgIpc) is 3.13. The van der Waals surface area contributed by atoms with Crippen molar-refractivity contribution < 1.29 is 13.2 Å². The summed E-state index contributed by atoms with van der Waals surface area (Å²) in [4.78, 5) is 16.8. The second-order valence-electron chi connectivity index (χ2n) is 9.57. The van der Waals surface area contributed by atoms with Crippen LogP contribution in [0, 0.1) is 0 Å². The molecule has 3 rings (SSSR count). The van der Waals surface area contributed by atoms with E-state index in [0.717, 1.165) is 5.69 Å². The molecule has 0 unspecified atom stereocenters. The van der Waals surface area contributed by atoms with Gasteiger partial charge < -0.3 is 5.32 Å². The monoisotopic (exact) mass is 455 g/mol. The van der Waals surface area contributed by atoms with E-state index in [2.05, 4.69) is 35.8 Å². The van der Waals surface area contributed by atoms with Gasteiger partial charge >= 0.3 is 0 Å². The largest absolute Gasteiger partial charge is 0.307 e. The van der Waals surface area contributed by atoms with E-state index in [4.69, 9.17) is 5.10 Å². The SMILES string of the molecule is CC(C)(C)c1cc(NC(=O)c2ccc(S(=O)(=O)Nc3ccncc3)cc2)n(C(C)(C)C)n1. The molecular weight excluding hydrogens is 426 g/mol. The quantitative estimate of drug-likeness (QED) is 0.594. The van der Waals surface area contributed by atoms with Crippen LogP contribution in [0.2, 0.25) is 0 Å². The Morgan fingerprint density at radius 3 is 2.06 bits per heavy atom. The number of amides is 1. The molecule has 32 heavy (non-hydrogen) atoms.